The first-order chi connectivity index (χ1) is 19.7. The van der Waals surface area contributed by atoms with Crippen LogP contribution < -0.4 is 0 Å². The third-order valence-electron chi connectivity index (χ3n) is 7.80. The number of hydrogen-bond donors (Lipinski definition) is 0. The molecular formula is C38H28N2. The summed E-state index contributed by atoms with van der Waals surface area (Å²) in [5, 5.41) is 5.02. The van der Waals surface area contributed by atoms with Gasteiger partial charge in [-0.2, -0.15) is 0 Å². The molecule has 0 N–H and O–H groups in total. The molecule has 0 radical (unpaired) electrons. The summed E-state index contributed by atoms with van der Waals surface area (Å²) in [6.45, 7) is 4.13. The van der Waals surface area contributed by atoms with E-state index in [-0.39, 0.29) is 0 Å². The first-order valence-corrected chi connectivity index (χ1v) is 13.7. The monoisotopic (exact) mass is 512 g/mol. The summed E-state index contributed by atoms with van der Waals surface area (Å²) in [6.07, 6.45) is 3.77. The predicted molar refractivity (Wildman–Crippen MR) is 168 cm³/mol. The summed E-state index contributed by atoms with van der Waals surface area (Å²) in [5.74, 6) is 0. The summed E-state index contributed by atoms with van der Waals surface area (Å²) in [4.78, 5) is 9.10. The number of aryl methyl sites for hydroxylation is 2. The minimum Gasteiger partial charge on any atom is -0.261 e. The van der Waals surface area contributed by atoms with Crippen LogP contribution in [0.3, 0.4) is 0 Å². The van der Waals surface area contributed by atoms with Crippen LogP contribution >= 0.6 is 0 Å². The first kappa shape index (κ1) is 24.0. The van der Waals surface area contributed by atoms with Crippen molar-refractivity contribution in [3.8, 4) is 44.6 Å². The fraction of sp³-hybridized carbons (Fsp3) is 0.0526. The van der Waals surface area contributed by atoms with Crippen molar-refractivity contribution in [1.29, 1.82) is 0 Å². The number of nitrogens with zero attached hydrogens (tertiary/aromatic N) is 2. The maximum atomic E-state index is 4.62. The Morgan fingerprint density at radius 2 is 0.925 bits per heavy atom. The highest BCUT2D eigenvalue weighted by atomic mass is 14.7. The number of pyridine rings is 2. The average molecular weight is 513 g/mol. The van der Waals surface area contributed by atoms with Crippen LogP contribution in [0.4, 0.5) is 0 Å². The molecule has 2 aromatic heterocycles. The van der Waals surface area contributed by atoms with E-state index < -0.39 is 0 Å². The molecule has 190 valence electrons. The van der Waals surface area contributed by atoms with Crippen molar-refractivity contribution in [3.63, 3.8) is 0 Å². The van der Waals surface area contributed by atoms with Gasteiger partial charge in [0.25, 0.3) is 0 Å². The molecule has 0 saturated carbocycles. The topological polar surface area (TPSA) is 25.8 Å². The standard InChI is InChI=1S/C38H28N2/c1-25-13-22-36(40-24-25)28-16-20-30(21-17-28)38-34-10-5-3-8-32(34)37(33-9-4-6-11-35(33)38)29-18-14-27(15-19-29)31-12-7-23-39-26(31)2/h3-24H,1-2H3. The van der Waals surface area contributed by atoms with Gasteiger partial charge in [0.05, 0.1) is 5.69 Å². The molecular weight excluding hydrogens is 484 g/mol. The molecule has 2 heteroatoms. The Hall–Kier alpha value is -5.08. The van der Waals surface area contributed by atoms with Crippen molar-refractivity contribution in [1.82, 2.24) is 9.97 Å². The summed E-state index contributed by atoms with van der Waals surface area (Å²) >= 11 is 0. The summed E-state index contributed by atoms with van der Waals surface area (Å²) < 4.78 is 0. The molecule has 7 rings (SSSR count). The van der Waals surface area contributed by atoms with Gasteiger partial charge in [-0.15, -0.1) is 0 Å². The zero-order valence-corrected chi connectivity index (χ0v) is 22.6. The quantitative estimate of drug-likeness (QED) is 0.219. The van der Waals surface area contributed by atoms with Crippen LogP contribution in [0.25, 0.3) is 66.2 Å². The van der Waals surface area contributed by atoms with E-state index in [0.29, 0.717) is 0 Å². The number of aromatic nitrogens is 2. The van der Waals surface area contributed by atoms with Crippen LogP contribution in [0.5, 0.6) is 0 Å². The Labute approximate surface area is 234 Å². The smallest absolute Gasteiger partial charge is 0.0702 e. The van der Waals surface area contributed by atoms with Crippen molar-refractivity contribution < 1.29 is 0 Å². The normalized spacial score (nSPS) is 11.2. The molecule has 0 unspecified atom stereocenters. The van der Waals surface area contributed by atoms with Crippen molar-refractivity contribution in [2.75, 3.05) is 0 Å². The molecule has 5 aromatic carbocycles. The molecule has 40 heavy (non-hydrogen) atoms. The third-order valence-corrected chi connectivity index (χ3v) is 7.80. The van der Waals surface area contributed by atoms with Gasteiger partial charge in [-0.3, -0.25) is 9.97 Å². The van der Waals surface area contributed by atoms with E-state index in [1.807, 2.05) is 18.5 Å². The van der Waals surface area contributed by atoms with E-state index in [1.54, 1.807) is 0 Å². The molecule has 0 saturated heterocycles. The second kappa shape index (κ2) is 9.91. The molecule has 0 spiro atoms. The zero-order valence-electron chi connectivity index (χ0n) is 22.6. The van der Waals surface area contributed by atoms with Gasteiger partial charge < -0.3 is 0 Å². The minimum atomic E-state index is 0.993. The van der Waals surface area contributed by atoms with E-state index in [9.17, 15) is 0 Å². The van der Waals surface area contributed by atoms with Gasteiger partial charge in [0, 0.05) is 29.2 Å². The van der Waals surface area contributed by atoms with Crippen LogP contribution in [0.1, 0.15) is 11.3 Å². The van der Waals surface area contributed by atoms with Crippen molar-refractivity contribution in [3.05, 3.63) is 145 Å². The second-order valence-corrected chi connectivity index (χ2v) is 10.4. The van der Waals surface area contributed by atoms with Gasteiger partial charge >= 0.3 is 0 Å². The number of hydrogen-bond acceptors (Lipinski definition) is 2. The number of fused-ring (bicyclic) bond motifs is 2. The highest BCUT2D eigenvalue weighted by molar-refractivity contribution is 6.21. The fourth-order valence-electron chi connectivity index (χ4n) is 5.80. The molecule has 0 amide bonds. The lowest BCUT2D eigenvalue weighted by molar-refractivity contribution is 1.20. The van der Waals surface area contributed by atoms with Crippen LogP contribution in [0.15, 0.2) is 134 Å². The summed E-state index contributed by atoms with van der Waals surface area (Å²) in [6, 6.07) is 43.7. The van der Waals surface area contributed by atoms with Gasteiger partial charge in [-0.25, -0.2) is 0 Å². The van der Waals surface area contributed by atoms with Gasteiger partial charge in [-0.1, -0.05) is 109 Å². The maximum absolute atomic E-state index is 4.62. The second-order valence-electron chi connectivity index (χ2n) is 10.4. The van der Waals surface area contributed by atoms with Crippen LogP contribution in [0, 0.1) is 13.8 Å². The van der Waals surface area contributed by atoms with Gasteiger partial charge in [0.2, 0.25) is 0 Å². The molecule has 0 bridgehead atoms. The Kier molecular flexibility index (Phi) is 5.94. The summed E-state index contributed by atoms with van der Waals surface area (Å²) in [7, 11) is 0. The SMILES string of the molecule is Cc1ccc(-c2ccc(-c3c4ccccc4c(-c4ccc(-c5cccnc5C)cc4)c4ccccc34)cc2)nc1. The average Bonchev–Trinajstić information content (AvgIpc) is 3.01. The van der Waals surface area contributed by atoms with Crippen molar-refractivity contribution in [2.45, 2.75) is 13.8 Å². The lowest BCUT2D eigenvalue weighted by Crippen LogP contribution is -1.91. The molecule has 2 nitrogen and oxygen atoms in total. The van der Waals surface area contributed by atoms with Gasteiger partial charge in [-0.05, 0) is 80.9 Å². The lowest BCUT2D eigenvalue weighted by atomic mass is 9.85. The molecule has 0 aliphatic carbocycles. The highest BCUT2D eigenvalue weighted by Gasteiger charge is 2.16. The van der Waals surface area contributed by atoms with E-state index >= 15 is 0 Å². The van der Waals surface area contributed by atoms with Crippen molar-refractivity contribution in [2.24, 2.45) is 0 Å². The molecule has 0 atom stereocenters. The van der Waals surface area contributed by atoms with Crippen LogP contribution in [-0.4, -0.2) is 9.97 Å². The van der Waals surface area contributed by atoms with Crippen LogP contribution in [-0.2, 0) is 0 Å². The molecule has 0 aliphatic rings. The predicted octanol–water partition coefficient (Wildman–Crippen LogP) is 10.1. The maximum Gasteiger partial charge on any atom is 0.0702 e. The molecule has 2 heterocycles. The third kappa shape index (κ3) is 4.15. The Morgan fingerprint density at radius 3 is 1.40 bits per heavy atom. The van der Waals surface area contributed by atoms with Crippen LogP contribution in [0.2, 0.25) is 0 Å². The van der Waals surface area contributed by atoms with Crippen molar-refractivity contribution >= 4 is 21.5 Å². The molecule has 0 fully saturated rings. The lowest BCUT2D eigenvalue weighted by Gasteiger charge is -2.18. The van der Waals surface area contributed by atoms with E-state index in [1.165, 1.54) is 60.5 Å². The molecule has 7 aromatic rings. The Bertz CT molecular complexity index is 1930. The van der Waals surface area contributed by atoms with Gasteiger partial charge in [0.15, 0.2) is 0 Å². The Morgan fingerprint density at radius 1 is 0.425 bits per heavy atom. The number of benzene rings is 5. The fourth-order valence-corrected chi connectivity index (χ4v) is 5.80. The highest BCUT2D eigenvalue weighted by Crippen LogP contribution is 2.44. The number of rotatable bonds is 4. The summed E-state index contributed by atoms with van der Waals surface area (Å²) in [5.41, 5.74) is 11.6. The van der Waals surface area contributed by atoms with E-state index in [0.717, 1.165) is 17.0 Å². The zero-order chi connectivity index (χ0) is 27.1. The largest absolute Gasteiger partial charge is 0.261 e. The van der Waals surface area contributed by atoms with E-state index in [2.05, 4.69) is 139 Å². The minimum absolute atomic E-state index is 0.993. The van der Waals surface area contributed by atoms with E-state index in [4.69, 9.17) is 0 Å². The van der Waals surface area contributed by atoms with Gasteiger partial charge in [0.1, 0.15) is 0 Å². The first-order valence-electron chi connectivity index (χ1n) is 13.7. The Balaban J connectivity index is 1.40. The molecule has 0 aliphatic heterocycles.